The summed E-state index contributed by atoms with van der Waals surface area (Å²) in [5, 5.41) is 16.4. The van der Waals surface area contributed by atoms with Crippen LogP contribution in [0.15, 0.2) is 30.4 Å². The van der Waals surface area contributed by atoms with Gasteiger partial charge in [0, 0.05) is 29.4 Å². The van der Waals surface area contributed by atoms with Crippen molar-refractivity contribution in [3.63, 3.8) is 0 Å². The van der Waals surface area contributed by atoms with E-state index < -0.39 is 53.2 Å². The molecule has 5 atom stereocenters. The number of rotatable bonds is 7. The van der Waals surface area contributed by atoms with Gasteiger partial charge in [-0.3, -0.25) is 9.59 Å². The molecule has 1 aromatic heterocycles. The van der Waals surface area contributed by atoms with Crippen LogP contribution in [0.25, 0.3) is 10.9 Å². The molecule has 2 fully saturated rings. The first kappa shape index (κ1) is 36.7. The Morgan fingerprint density at radius 1 is 1.14 bits per heavy atom. The zero-order valence-corrected chi connectivity index (χ0v) is 30.0. The number of hydrogen-bond acceptors (Lipinski definition) is 9. The number of nitrogens with zero attached hydrogens (tertiary/aromatic N) is 2. The number of aliphatic carboxylic acids is 1. The number of aromatic nitrogens is 1. The third kappa shape index (κ3) is 8.24. The maximum atomic E-state index is 14.4. The molecule has 3 heterocycles. The largest absolute Gasteiger partial charge is 0.496 e. The summed E-state index contributed by atoms with van der Waals surface area (Å²) in [6.07, 6.45) is 5.98. The van der Waals surface area contributed by atoms with E-state index in [2.05, 4.69) is 10.6 Å². The number of alkyl carbamates (subject to hydrolysis) is 1. The predicted molar refractivity (Wildman–Crippen MR) is 185 cm³/mol. The lowest BCUT2D eigenvalue weighted by Gasteiger charge is -2.30. The number of amides is 3. The fourth-order valence-corrected chi connectivity index (χ4v) is 6.75. The van der Waals surface area contributed by atoms with Crippen LogP contribution in [0.4, 0.5) is 4.79 Å². The van der Waals surface area contributed by atoms with Gasteiger partial charge in [-0.1, -0.05) is 25.0 Å². The molecule has 2 aliphatic heterocycles. The van der Waals surface area contributed by atoms with Crippen LogP contribution >= 0.6 is 0 Å². The van der Waals surface area contributed by atoms with Gasteiger partial charge >= 0.3 is 12.1 Å². The Bertz CT molecular complexity index is 1650. The van der Waals surface area contributed by atoms with Crippen LogP contribution in [-0.4, -0.2) is 88.0 Å². The standard InChI is InChI=1S/C37H50N4O9/c1-21(2)48-30-18-29(25-15-16-28(47-7)22(3)31(25)39-30)49-24-17-27-32(42)40-37(34(44)45)19-23(37)13-11-9-8-10-12-14-26(33(43)41(27)20-24)38-35(46)50-36(4,5)6/h11,13,15-16,18,21,23-24,26-27H,8-10,12,14,17,19-20H2,1-7H3,(H,38,46)(H,40,42)(H,44,45)/b13-11-/t23-,24-,26+,27+,37-/m1/s1. The number of carbonyl (C=O) groups is 4. The Hall–Kier alpha value is -4.55. The summed E-state index contributed by atoms with van der Waals surface area (Å²) >= 11 is 0. The molecule has 1 saturated carbocycles. The zero-order chi connectivity index (χ0) is 36.4. The molecule has 0 bridgehead atoms. The van der Waals surface area contributed by atoms with Crippen LogP contribution in [-0.2, 0) is 19.1 Å². The van der Waals surface area contributed by atoms with Crippen LogP contribution in [0.1, 0.15) is 85.1 Å². The molecule has 3 N–H and O–H groups in total. The van der Waals surface area contributed by atoms with Gasteiger partial charge in [0.2, 0.25) is 17.7 Å². The highest BCUT2D eigenvalue weighted by Gasteiger charge is 2.61. The van der Waals surface area contributed by atoms with Crippen molar-refractivity contribution in [1.29, 1.82) is 0 Å². The maximum absolute atomic E-state index is 14.4. The summed E-state index contributed by atoms with van der Waals surface area (Å²) in [5.74, 6) is -1.07. The van der Waals surface area contributed by atoms with Gasteiger partial charge in [-0.2, -0.15) is 0 Å². The molecule has 5 rings (SSSR count). The lowest BCUT2D eigenvalue weighted by atomic mass is 10.0. The van der Waals surface area contributed by atoms with Gasteiger partial charge in [0.15, 0.2) is 0 Å². The Morgan fingerprint density at radius 3 is 2.58 bits per heavy atom. The molecule has 1 saturated heterocycles. The van der Waals surface area contributed by atoms with Gasteiger partial charge in [0.05, 0.1) is 25.3 Å². The van der Waals surface area contributed by atoms with Crippen molar-refractivity contribution in [2.24, 2.45) is 5.92 Å². The monoisotopic (exact) mass is 694 g/mol. The van der Waals surface area contributed by atoms with Gasteiger partial charge in [0.25, 0.3) is 0 Å². The Kier molecular flexibility index (Phi) is 10.8. The van der Waals surface area contributed by atoms with Crippen molar-refractivity contribution < 1.29 is 43.2 Å². The first-order valence-electron chi connectivity index (χ1n) is 17.5. The number of allylic oxidation sites excluding steroid dienone is 1. The number of aryl methyl sites for hydroxylation is 1. The molecule has 272 valence electrons. The number of ether oxygens (including phenoxy) is 4. The van der Waals surface area contributed by atoms with E-state index in [0.29, 0.717) is 41.1 Å². The molecule has 50 heavy (non-hydrogen) atoms. The second-order valence-electron chi connectivity index (χ2n) is 14.7. The molecule has 3 amide bonds. The Balaban J connectivity index is 1.50. The lowest BCUT2D eigenvalue weighted by molar-refractivity contribution is -0.145. The van der Waals surface area contributed by atoms with Gasteiger partial charge in [-0.05, 0) is 79.4 Å². The number of carbonyl (C=O) groups excluding carboxylic acids is 3. The topological polar surface area (TPSA) is 166 Å². The van der Waals surface area contributed by atoms with Crippen LogP contribution in [0.5, 0.6) is 17.4 Å². The fraction of sp³-hybridized carbons (Fsp3) is 0.595. The summed E-state index contributed by atoms with van der Waals surface area (Å²) in [6.45, 7) is 10.9. The number of carboxylic acid groups (broad SMARTS) is 1. The zero-order valence-electron chi connectivity index (χ0n) is 30.0. The first-order chi connectivity index (χ1) is 23.6. The number of benzene rings is 1. The van der Waals surface area contributed by atoms with E-state index >= 15 is 0 Å². The van der Waals surface area contributed by atoms with E-state index in [4.69, 9.17) is 23.9 Å². The average molecular weight is 695 g/mol. The van der Waals surface area contributed by atoms with Crippen LogP contribution in [0.2, 0.25) is 0 Å². The second kappa shape index (κ2) is 14.7. The van der Waals surface area contributed by atoms with Crippen LogP contribution in [0.3, 0.4) is 0 Å². The number of methoxy groups -OCH3 is 1. The summed E-state index contributed by atoms with van der Waals surface area (Å²) < 4.78 is 23.6. The minimum absolute atomic E-state index is 0.0200. The molecule has 2 aromatic rings. The third-order valence-corrected chi connectivity index (χ3v) is 9.31. The van der Waals surface area contributed by atoms with Gasteiger partial charge < -0.3 is 39.6 Å². The fourth-order valence-electron chi connectivity index (χ4n) is 6.75. The molecular weight excluding hydrogens is 644 g/mol. The van der Waals surface area contributed by atoms with E-state index in [1.54, 1.807) is 33.9 Å². The normalized spacial score (nSPS) is 26.5. The lowest BCUT2D eigenvalue weighted by Crippen LogP contribution is -2.56. The maximum Gasteiger partial charge on any atom is 0.408 e. The average Bonchev–Trinajstić information content (AvgIpc) is 3.56. The summed E-state index contributed by atoms with van der Waals surface area (Å²) in [7, 11) is 1.58. The Morgan fingerprint density at radius 2 is 1.90 bits per heavy atom. The molecule has 3 aliphatic rings. The smallest absolute Gasteiger partial charge is 0.408 e. The van der Waals surface area contributed by atoms with E-state index in [9.17, 15) is 24.3 Å². The third-order valence-electron chi connectivity index (χ3n) is 9.31. The highest BCUT2D eigenvalue weighted by molar-refractivity contribution is 5.96. The van der Waals surface area contributed by atoms with E-state index in [0.717, 1.165) is 24.8 Å². The molecule has 1 aliphatic carbocycles. The van der Waals surface area contributed by atoms with Gasteiger partial charge in [-0.15, -0.1) is 0 Å². The molecule has 1 aromatic carbocycles. The molecule has 0 unspecified atom stereocenters. The Labute approximate surface area is 293 Å². The number of hydrogen-bond donors (Lipinski definition) is 3. The summed E-state index contributed by atoms with van der Waals surface area (Å²) in [5.41, 5.74) is -0.817. The molecular formula is C37H50N4O9. The number of carboxylic acids is 1. The van der Waals surface area contributed by atoms with E-state index in [-0.39, 0.29) is 31.4 Å². The van der Waals surface area contributed by atoms with Crippen molar-refractivity contribution in [3.05, 3.63) is 35.9 Å². The van der Waals surface area contributed by atoms with E-state index in [1.807, 2.05) is 45.1 Å². The molecule has 0 spiro atoms. The number of pyridine rings is 1. The quantitative estimate of drug-likeness (QED) is 0.334. The van der Waals surface area contributed by atoms with Crippen molar-refractivity contribution in [3.8, 4) is 17.4 Å². The molecule has 13 heteroatoms. The number of nitrogens with one attached hydrogen (secondary N) is 2. The SMILES string of the molecule is COc1ccc2c(O[C@@H]3C[C@H]4C(=O)N[C@]5(C(=O)O)C[C@H]5/C=C\CCCCC[C@H](NC(=O)OC(C)(C)C)C(=O)N4C3)cc(OC(C)C)nc2c1C. The van der Waals surface area contributed by atoms with Crippen LogP contribution in [0, 0.1) is 12.8 Å². The van der Waals surface area contributed by atoms with Crippen molar-refractivity contribution >= 4 is 34.8 Å². The highest BCUT2D eigenvalue weighted by Crippen LogP contribution is 2.45. The first-order valence-corrected chi connectivity index (χ1v) is 17.5. The highest BCUT2D eigenvalue weighted by atomic mass is 16.6. The summed E-state index contributed by atoms with van der Waals surface area (Å²) in [4.78, 5) is 59.9. The van der Waals surface area contributed by atoms with Gasteiger partial charge in [0.1, 0.15) is 40.8 Å². The van der Waals surface area contributed by atoms with Crippen molar-refractivity contribution in [2.75, 3.05) is 13.7 Å². The summed E-state index contributed by atoms with van der Waals surface area (Å²) in [6, 6.07) is 3.34. The van der Waals surface area contributed by atoms with Gasteiger partial charge in [-0.25, -0.2) is 14.6 Å². The minimum Gasteiger partial charge on any atom is -0.496 e. The molecule has 0 radical (unpaired) electrons. The minimum atomic E-state index is -1.45. The van der Waals surface area contributed by atoms with E-state index in [1.165, 1.54) is 4.90 Å². The second-order valence-corrected chi connectivity index (χ2v) is 14.7. The molecule has 13 nitrogen and oxygen atoms in total. The van der Waals surface area contributed by atoms with Crippen molar-refractivity contribution in [1.82, 2.24) is 20.5 Å². The van der Waals surface area contributed by atoms with Crippen molar-refractivity contribution in [2.45, 2.75) is 122 Å². The van der Waals surface area contributed by atoms with Crippen LogP contribution < -0.4 is 24.8 Å². The predicted octanol–water partition coefficient (Wildman–Crippen LogP) is 5.06. The number of fused-ring (bicyclic) bond motifs is 3.